The van der Waals surface area contributed by atoms with Crippen molar-refractivity contribution in [3.05, 3.63) is 83.4 Å². The number of halogens is 2. The number of rotatable bonds is 3. The number of nitrogens with one attached hydrogen (secondary N) is 2. The number of nitrogens with zero attached hydrogens (tertiary/aromatic N) is 1. The van der Waals surface area contributed by atoms with Gasteiger partial charge in [0.15, 0.2) is 11.3 Å². The minimum atomic E-state index is -1.58. The van der Waals surface area contributed by atoms with Gasteiger partial charge < -0.3 is 20.3 Å². The van der Waals surface area contributed by atoms with Crippen LogP contribution in [0.2, 0.25) is 0 Å². The van der Waals surface area contributed by atoms with Gasteiger partial charge in [0.2, 0.25) is 5.91 Å². The molecule has 35 heavy (non-hydrogen) atoms. The van der Waals surface area contributed by atoms with E-state index in [1.807, 2.05) is 0 Å². The number of fused-ring (bicyclic) bond motifs is 3. The van der Waals surface area contributed by atoms with E-state index in [-0.39, 0.29) is 12.2 Å². The summed E-state index contributed by atoms with van der Waals surface area (Å²) in [7, 11) is 1.51. The number of amides is 2. The molecule has 3 aromatic rings. The Hall–Kier alpha value is -4.27. The van der Waals surface area contributed by atoms with Crippen LogP contribution in [0.15, 0.2) is 60.7 Å². The summed E-state index contributed by atoms with van der Waals surface area (Å²) in [6, 6.07) is 13.4. The van der Waals surface area contributed by atoms with E-state index in [0.29, 0.717) is 33.9 Å². The van der Waals surface area contributed by atoms with Crippen molar-refractivity contribution < 1.29 is 27.9 Å². The third-order valence-electron chi connectivity index (χ3n) is 7.06. The van der Waals surface area contributed by atoms with Crippen molar-refractivity contribution in [2.75, 3.05) is 22.6 Å². The Morgan fingerprint density at radius 2 is 1.60 bits per heavy atom. The fourth-order valence-electron chi connectivity index (χ4n) is 5.58. The van der Waals surface area contributed by atoms with Crippen LogP contribution in [0.4, 0.5) is 25.8 Å². The number of carbonyl (C=O) groups excluding carboxylic acids is 3. The Morgan fingerprint density at radius 1 is 0.914 bits per heavy atom. The van der Waals surface area contributed by atoms with Crippen LogP contribution >= 0.6 is 0 Å². The van der Waals surface area contributed by atoms with Gasteiger partial charge in [-0.15, -0.1) is 0 Å². The monoisotopic (exact) mass is 475 g/mol. The maximum atomic E-state index is 14.4. The van der Waals surface area contributed by atoms with Crippen molar-refractivity contribution in [2.45, 2.75) is 23.9 Å². The molecule has 0 aromatic heterocycles. The highest BCUT2D eigenvalue weighted by Gasteiger charge is 2.63. The molecule has 0 aliphatic carbocycles. The lowest BCUT2D eigenvalue weighted by Crippen LogP contribution is -2.52. The van der Waals surface area contributed by atoms with Crippen LogP contribution < -0.4 is 20.3 Å². The molecule has 3 atom stereocenters. The van der Waals surface area contributed by atoms with E-state index in [9.17, 15) is 23.2 Å². The summed E-state index contributed by atoms with van der Waals surface area (Å²) in [5.74, 6) is -2.98. The van der Waals surface area contributed by atoms with Crippen molar-refractivity contribution in [1.82, 2.24) is 0 Å². The van der Waals surface area contributed by atoms with Gasteiger partial charge in [0.25, 0.3) is 5.91 Å². The highest BCUT2D eigenvalue weighted by atomic mass is 19.1. The molecule has 3 aromatic carbocycles. The van der Waals surface area contributed by atoms with Crippen molar-refractivity contribution in [1.29, 1.82) is 0 Å². The van der Waals surface area contributed by atoms with Crippen LogP contribution in [-0.4, -0.2) is 30.7 Å². The molecule has 0 radical (unpaired) electrons. The summed E-state index contributed by atoms with van der Waals surface area (Å²) in [4.78, 5) is 42.0. The van der Waals surface area contributed by atoms with Crippen molar-refractivity contribution in [3.8, 4) is 5.75 Å². The van der Waals surface area contributed by atoms with E-state index in [1.165, 1.54) is 43.5 Å². The van der Waals surface area contributed by atoms with Gasteiger partial charge in [0.1, 0.15) is 23.4 Å². The van der Waals surface area contributed by atoms with E-state index in [1.54, 1.807) is 29.2 Å². The summed E-state index contributed by atoms with van der Waals surface area (Å²) in [5.41, 5.74) is 0.336. The molecule has 7 nitrogen and oxygen atoms in total. The summed E-state index contributed by atoms with van der Waals surface area (Å²) >= 11 is 0. The standard InChI is InChI=1S/C26H19F2N3O4/c1-35-16-6-4-15(5-7-16)31-23(22-17-10-13(27)2-8-19(17)29-24(22)33)21(32)12-26(31)18-11-14(28)3-9-20(18)30-25(26)34/h2-11,22-23H,12H2,1H3,(H,29,33)(H,30,34). The average molecular weight is 475 g/mol. The zero-order valence-electron chi connectivity index (χ0n) is 18.5. The smallest absolute Gasteiger partial charge is 0.255 e. The maximum absolute atomic E-state index is 14.4. The van der Waals surface area contributed by atoms with Crippen LogP contribution in [-0.2, 0) is 19.9 Å². The second-order valence-corrected chi connectivity index (χ2v) is 8.86. The SMILES string of the molecule is COc1ccc(N2C(C3C(=O)Nc4ccc(F)cc43)C(=O)CC23C(=O)Nc2ccc(F)cc23)cc1. The number of benzene rings is 3. The molecule has 2 N–H and O–H groups in total. The van der Waals surface area contributed by atoms with Gasteiger partial charge in [0, 0.05) is 29.0 Å². The molecule has 3 unspecified atom stereocenters. The van der Waals surface area contributed by atoms with Gasteiger partial charge in [-0.1, -0.05) is 0 Å². The molecular weight excluding hydrogens is 456 g/mol. The highest BCUT2D eigenvalue weighted by Crippen LogP contribution is 2.54. The van der Waals surface area contributed by atoms with Crippen LogP contribution in [0.25, 0.3) is 0 Å². The molecule has 1 saturated heterocycles. The lowest BCUT2D eigenvalue weighted by Gasteiger charge is -2.39. The first-order chi connectivity index (χ1) is 16.8. The van der Waals surface area contributed by atoms with Gasteiger partial charge in [-0.05, 0) is 66.2 Å². The lowest BCUT2D eigenvalue weighted by molar-refractivity contribution is -0.124. The predicted molar refractivity (Wildman–Crippen MR) is 123 cm³/mol. The molecule has 1 fully saturated rings. The number of methoxy groups -OCH3 is 1. The number of hydrogen-bond donors (Lipinski definition) is 2. The quantitative estimate of drug-likeness (QED) is 0.603. The number of ether oxygens (including phenoxy) is 1. The summed E-state index contributed by atoms with van der Waals surface area (Å²) in [6.45, 7) is 0. The first-order valence-electron chi connectivity index (χ1n) is 11.0. The molecule has 1 spiro atoms. The third kappa shape index (κ3) is 2.90. The van der Waals surface area contributed by atoms with Crippen LogP contribution in [0.1, 0.15) is 23.5 Å². The number of ketones is 1. The highest BCUT2D eigenvalue weighted by molar-refractivity contribution is 6.17. The zero-order chi connectivity index (χ0) is 24.5. The molecular formula is C26H19F2N3O4. The summed E-state index contributed by atoms with van der Waals surface area (Å²) in [6.07, 6.45) is -0.277. The maximum Gasteiger partial charge on any atom is 0.255 e. The van der Waals surface area contributed by atoms with E-state index >= 15 is 0 Å². The first-order valence-corrected chi connectivity index (χ1v) is 11.0. The number of anilines is 3. The van der Waals surface area contributed by atoms with Crippen LogP contribution in [0, 0.1) is 11.6 Å². The molecule has 0 bridgehead atoms. The summed E-state index contributed by atoms with van der Waals surface area (Å²) in [5, 5.41) is 5.48. The van der Waals surface area contributed by atoms with E-state index in [0.717, 1.165) is 0 Å². The van der Waals surface area contributed by atoms with Crippen molar-refractivity contribution >= 4 is 34.7 Å². The van der Waals surface area contributed by atoms with Gasteiger partial charge in [-0.2, -0.15) is 0 Å². The number of carbonyl (C=O) groups is 3. The number of hydrogen-bond acceptors (Lipinski definition) is 5. The molecule has 0 saturated carbocycles. The molecule has 3 aliphatic rings. The molecule has 6 rings (SSSR count). The van der Waals surface area contributed by atoms with E-state index in [4.69, 9.17) is 4.74 Å². The third-order valence-corrected chi connectivity index (χ3v) is 7.06. The fourth-order valence-corrected chi connectivity index (χ4v) is 5.58. The van der Waals surface area contributed by atoms with E-state index < -0.39 is 40.9 Å². The Bertz CT molecular complexity index is 1420. The van der Waals surface area contributed by atoms with E-state index in [2.05, 4.69) is 10.6 Å². The number of Topliss-reactive ketones (excluding diaryl/α,β-unsaturated/α-hetero) is 1. The summed E-state index contributed by atoms with van der Waals surface area (Å²) < 4.78 is 33.8. The van der Waals surface area contributed by atoms with Crippen LogP contribution in [0.3, 0.4) is 0 Å². The van der Waals surface area contributed by atoms with Gasteiger partial charge >= 0.3 is 0 Å². The minimum absolute atomic E-state index is 0.277. The lowest BCUT2D eigenvalue weighted by atomic mass is 9.88. The first kappa shape index (κ1) is 21.3. The normalized spacial score (nSPS) is 24.4. The molecule has 3 aliphatic heterocycles. The zero-order valence-corrected chi connectivity index (χ0v) is 18.5. The van der Waals surface area contributed by atoms with Gasteiger partial charge in [-0.3, -0.25) is 14.4 Å². The van der Waals surface area contributed by atoms with Gasteiger partial charge in [0.05, 0.1) is 13.0 Å². The minimum Gasteiger partial charge on any atom is -0.497 e. The molecule has 3 heterocycles. The molecule has 9 heteroatoms. The largest absolute Gasteiger partial charge is 0.497 e. The Labute approximate surface area is 198 Å². The Balaban J connectivity index is 1.59. The Kier molecular flexibility index (Phi) is 4.48. The second kappa shape index (κ2) is 7.36. The average Bonchev–Trinajstić information content (AvgIpc) is 3.42. The fraction of sp³-hybridized carbons (Fsp3) is 0.192. The second-order valence-electron chi connectivity index (χ2n) is 8.86. The molecule has 176 valence electrons. The van der Waals surface area contributed by atoms with Crippen molar-refractivity contribution in [2.24, 2.45) is 0 Å². The van der Waals surface area contributed by atoms with Crippen LogP contribution in [0.5, 0.6) is 5.75 Å². The van der Waals surface area contributed by atoms with Gasteiger partial charge in [-0.25, -0.2) is 8.78 Å². The molecule has 2 amide bonds. The Morgan fingerprint density at radius 3 is 2.31 bits per heavy atom. The topological polar surface area (TPSA) is 87.7 Å². The predicted octanol–water partition coefficient (Wildman–Crippen LogP) is 3.70. The van der Waals surface area contributed by atoms with Crippen molar-refractivity contribution in [3.63, 3.8) is 0 Å².